The summed E-state index contributed by atoms with van der Waals surface area (Å²) in [6.07, 6.45) is 0. The van der Waals surface area contributed by atoms with Gasteiger partial charge in [0.05, 0.1) is 5.25 Å². The highest BCUT2D eigenvalue weighted by atomic mass is 32.2. The van der Waals surface area contributed by atoms with Crippen molar-refractivity contribution in [2.45, 2.75) is 26.0 Å². The second-order valence-electron chi connectivity index (χ2n) is 3.50. The van der Waals surface area contributed by atoms with E-state index in [2.05, 4.69) is 38.1 Å². The predicted octanol–water partition coefficient (Wildman–Crippen LogP) is 4.07. The van der Waals surface area contributed by atoms with Gasteiger partial charge in [0.2, 0.25) is 5.12 Å². The number of rotatable bonds is 5. The summed E-state index contributed by atoms with van der Waals surface area (Å²) in [6, 6.07) is 8.28. The minimum atomic E-state index is -0.00412. The van der Waals surface area contributed by atoms with Crippen LogP contribution in [0.15, 0.2) is 24.3 Å². The molecular formula is C13H18OS2. The number of aryl methyl sites for hydroxylation is 1. The van der Waals surface area contributed by atoms with E-state index in [9.17, 15) is 4.79 Å². The zero-order chi connectivity index (χ0) is 12.0. The Balaban J connectivity index is 2.84. The van der Waals surface area contributed by atoms with Crippen LogP contribution in [0.3, 0.4) is 0 Å². The zero-order valence-electron chi connectivity index (χ0n) is 10.0. The van der Waals surface area contributed by atoms with Crippen LogP contribution in [0, 0.1) is 6.92 Å². The third kappa shape index (κ3) is 3.87. The Morgan fingerprint density at radius 2 is 1.81 bits per heavy atom. The molecule has 0 bridgehead atoms. The molecule has 0 N–H and O–H groups in total. The number of thioether (sulfide) groups is 2. The molecule has 16 heavy (non-hydrogen) atoms. The van der Waals surface area contributed by atoms with Gasteiger partial charge < -0.3 is 0 Å². The molecule has 0 radical (unpaired) electrons. The van der Waals surface area contributed by atoms with Gasteiger partial charge in [0, 0.05) is 0 Å². The molecule has 1 aromatic rings. The molecule has 0 saturated carbocycles. The molecule has 0 aliphatic heterocycles. The van der Waals surface area contributed by atoms with Crippen molar-refractivity contribution in [3.8, 4) is 0 Å². The number of hydrogen-bond donors (Lipinski definition) is 0. The minimum Gasteiger partial charge on any atom is -0.286 e. The van der Waals surface area contributed by atoms with Crippen LogP contribution in [-0.4, -0.2) is 16.6 Å². The van der Waals surface area contributed by atoms with Crippen molar-refractivity contribution in [2.24, 2.45) is 0 Å². The first-order valence-corrected chi connectivity index (χ1v) is 7.57. The zero-order valence-corrected chi connectivity index (χ0v) is 11.7. The highest BCUT2D eigenvalue weighted by Gasteiger charge is 2.19. The standard InChI is InChI=1S/C13H18OS2/c1-4-15-12(13(14)16-5-2)11-8-6-10(3)7-9-11/h6-9,12H,4-5H2,1-3H3. The molecule has 0 heterocycles. The van der Waals surface area contributed by atoms with E-state index in [1.54, 1.807) is 11.8 Å². The summed E-state index contributed by atoms with van der Waals surface area (Å²) in [4.78, 5) is 12.0. The van der Waals surface area contributed by atoms with Crippen LogP contribution in [-0.2, 0) is 4.79 Å². The van der Waals surface area contributed by atoms with Crippen LogP contribution in [0.2, 0.25) is 0 Å². The minimum absolute atomic E-state index is 0.00412. The summed E-state index contributed by atoms with van der Waals surface area (Å²) in [6.45, 7) is 6.18. The molecule has 0 aliphatic rings. The van der Waals surface area contributed by atoms with Gasteiger partial charge in [-0.2, -0.15) is 0 Å². The summed E-state index contributed by atoms with van der Waals surface area (Å²) in [5.41, 5.74) is 2.36. The molecule has 0 spiro atoms. The van der Waals surface area contributed by atoms with Gasteiger partial charge in [-0.05, 0) is 24.0 Å². The van der Waals surface area contributed by atoms with Gasteiger partial charge in [0.15, 0.2) is 0 Å². The van der Waals surface area contributed by atoms with Crippen molar-refractivity contribution in [3.63, 3.8) is 0 Å². The third-order valence-corrected chi connectivity index (χ3v) is 4.33. The topological polar surface area (TPSA) is 17.1 Å². The Morgan fingerprint density at radius 1 is 1.19 bits per heavy atom. The van der Waals surface area contributed by atoms with Crippen molar-refractivity contribution in [1.82, 2.24) is 0 Å². The van der Waals surface area contributed by atoms with Gasteiger partial charge in [-0.1, -0.05) is 55.4 Å². The van der Waals surface area contributed by atoms with Crippen molar-refractivity contribution >= 4 is 28.6 Å². The Kier molecular flexibility index (Phi) is 5.99. The molecule has 0 fully saturated rings. The second kappa shape index (κ2) is 7.02. The number of carbonyl (C=O) groups excluding carboxylic acids is 1. The Labute approximate surface area is 106 Å². The largest absolute Gasteiger partial charge is 0.286 e. The van der Waals surface area contributed by atoms with Crippen molar-refractivity contribution < 1.29 is 4.79 Å². The van der Waals surface area contributed by atoms with E-state index in [1.165, 1.54) is 17.3 Å². The summed E-state index contributed by atoms with van der Waals surface area (Å²) in [5.74, 6) is 1.82. The number of benzene rings is 1. The molecular weight excluding hydrogens is 236 g/mol. The lowest BCUT2D eigenvalue weighted by molar-refractivity contribution is -0.110. The van der Waals surface area contributed by atoms with E-state index in [0.717, 1.165) is 17.1 Å². The van der Waals surface area contributed by atoms with E-state index in [0.29, 0.717) is 0 Å². The fraction of sp³-hybridized carbons (Fsp3) is 0.462. The van der Waals surface area contributed by atoms with E-state index < -0.39 is 0 Å². The first-order chi connectivity index (χ1) is 7.69. The van der Waals surface area contributed by atoms with Crippen LogP contribution in [0.25, 0.3) is 0 Å². The normalized spacial score (nSPS) is 12.4. The summed E-state index contributed by atoms with van der Waals surface area (Å²) >= 11 is 3.13. The Morgan fingerprint density at radius 3 is 2.31 bits per heavy atom. The molecule has 1 unspecified atom stereocenters. The molecule has 1 aromatic carbocycles. The van der Waals surface area contributed by atoms with Gasteiger partial charge in [0.1, 0.15) is 0 Å². The molecule has 0 aromatic heterocycles. The maximum Gasteiger partial charge on any atom is 0.206 e. The molecule has 88 valence electrons. The van der Waals surface area contributed by atoms with Crippen LogP contribution in [0.4, 0.5) is 0 Å². The van der Waals surface area contributed by atoms with Crippen LogP contribution in [0.1, 0.15) is 30.2 Å². The fourth-order valence-electron chi connectivity index (χ4n) is 1.43. The van der Waals surface area contributed by atoms with E-state index >= 15 is 0 Å². The smallest absolute Gasteiger partial charge is 0.206 e. The molecule has 0 saturated heterocycles. The van der Waals surface area contributed by atoms with Gasteiger partial charge >= 0.3 is 0 Å². The lowest BCUT2D eigenvalue weighted by Crippen LogP contribution is -2.06. The average Bonchev–Trinajstić information content (AvgIpc) is 2.28. The summed E-state index contributed by atoms with van der Waals surface area (Å²) < 4.78 is 0. The van der Waals surface area contributed by atoms with Crippen molar-refractivity contribution in [3.05, 3.63) is 35.4 Å². The first-order valence-electron chi connectivity index (χ1n) is 5.53. The van der Waals surface area contributed by atoms with Gasteiger partial charge in [-0.25, -0.2) is 0 Å². The molecule has 1 atom stereocenters. The predicted molar refractivity (Wildman–Crippen MR) is 75.2 cm³/mol. The lowest BCUT2D eigenvalue weighted by Gasteiger charge is -2.14. The second-order valence-corrected chi connectivity index (χ2v) is 6.15. The van der Waals surface area contributed by atoms with Gasteiger partial charge in [0.25, 0.3) is 0 Å². The maximum atomic E-state index is 12.0. The SMILES string of the molecule is CCSC(=O)C(SCC)c1ccc(C)cc1. The molecule has 1 rings (SSSR count). The number of hydrogen-bond acceptors (Lipinski definition) is 3. The van der Waals surface area contributed by atoms with E-state index in [-0.39, 0.29) is 10.4 Å². The molecule has 0 aliphatic carbocycles. The molecule has 0 amide bonds. The third-order valence-electron chi connectivity index (χ3n) is 2.21. The first kappa shape index (κ1) is 13.7. The quantitative estimate of drug-likeness (QED) is 0.788. The van der Waals surface area contributed by atoms with E-state index in [1.807, 2.05) is 6.92 Å². The highest BCUT2D eigenvalue weighted by molar-refractivity contribution is 8.15. The van der Waals surface area contributed by atoms with Crippen LogP contribution in [0.5, 0.6) is 0 Å². The van der Waals surface area contributed by atoms with Gasteiger partial charge in [-0.15, -0.1) is 11.8 Å². The fourth-order valence-corrected chi connectivity index (χ4v) is 3.23. The highest BCUT2D eigenvalue weighted by Crippen LogP contribution is 2.33. The lowest BCUT2D eigenvalue weighted by atomic mass is 10.1. The van der Waals surface area contributed by atoms with Crippen LogP contribution >= 0.6 is 23.5 Å². The molecule has 3 heteroatoms. The number of carbonyl (C=O) groups is 1. The van der Waals surface area contributed by atoms with Gasteiger partial charge in [-0.3, -0.25) is 4.79 Å². The Hall–Kier alpha value is -0.410. The maximum absolute atomic E-state index is 12.0. The Bertz CT molecular complexity index is 332. The molecule has 1 nitrogen and oxygen atoms in total. The van der Waals surface area contributed by atoms with Crippen LogP contribution < -0.4 is 0 Å². The van der Waals surface area contributed by atoms with E-state index in [4.69, 9.17) is 0 Å². The van der Waals surface area contributed by atoms with Crippen molar-refractivity contribution in [2.75, 3.05) is 11.5 Å². The van der Waals surface area contributed by atoms with Crippen molar-refractivity contribution in [1.29, 1.82) is 0 Å². The summed E-state index contributed by atoms with van der Waals surface area (Å²) in [7, 11) is 0. The summed E-state index contributed by atoms with van der Waals surface area (Å²) in [5, 5.41) is 0.272. The average molecular weight is 254 g/mol. The monoisotopic (exact) mass is 254 g/mol.